The predicted octanol–water partition coefficient (Wildman–Crippen LogP) is 10.0. The average Bonchev–Trinajstić information content (AvgIpc) is 3.28. The normalized spacial score (nSPS) is 23.1. The highest BCUT2D eigenvalue weighted by Gasteiger charge is 2.65. The van der Waals surface area contributed by atoms with Crippen LogP contribution in [0.5, 0.6) is 23.0 Å². The maximum absolute atomic E-state index is 14.5. The van der Waals surface area contributed by atoms with E-state index in [4.69, 9.17) is 33.7 Å². The molecule has 6 rings (SSSR count). The van der Waals surface area contributed by atoms with Crippen LogP contribution in [0.2, 0.25) is 0 Å². The number of hydrogen-bond donors (Lipinski definition) is 2. The van der Waals surface area contributed by atoms with Gasteiger partial charge in [0.15, 0.2) is 6.29 Å². The van der Waals surface area contributed by atoms with Gasteiger partial charge in [-0.3, -0.25) is 9.69 Å². The van der Waals surface area contributed by atoms with Crippen molar-refractivity contribution in [2.45, 2.75) is 103 Å². The molecule has 0 unspecified atom stereocenters. The van der Waals surface area contributed by atoms with Gasteiger partial charge in [-0.15, -0.1) is 6.58 Å². The van der Waals surface area contributed by atoms with Gasteiger partial charge in [-0.25, -0.2) is 4.79 Å². The summed E-state index contributed by atoms with van der Waals surface area (Å²) < 4.78 is 32.4. The van der Waals surface area contributed by atoms with Crippen LogP contribution in [-0.4, -0.2) is 85.1 Å². The average molecular weight is 867 g/mol. The molecule has 0 saturated heterocycles. The van der Waals surface area contributed by atoms with Gasteiger partial charge < -0.3 is 38.7 Å². The van der Waals surface area contributed by atoms with Crippen LogP contribution in [-0.2, 0) is 20.9 Å². The number of amides is 1. The number of ether oxygens (including phenoxy) is 5. The van der Waals surface area contributed by atoms with E-state index in [-0.39, 0.29) is 62.6 Å². The number of unbranched alkanes of at least 4 members (excludes halogenated alkanes) is 2. The van der Waals surface area contributed by atoms with Crippen LogP contribution in [0.3, 0.4) is 0 Å². The van der Waals surface area contributed by atoms with Gasteiger partial charge in [-0.05, 0) is 96.9 Å². The Labute approximate surface area is 372 Å². The first-order valence-corrected chi connectivity index (χ1v) is 22.5. The molecule has 0 radical (unpaired) electrons. The molecule has 2 aliphatic carbocycles. The summed E-state index contributed by atoms with van der Waals surface area (Å²) in [5.41, 5.74) is 3.61. The van der Waals surface area contributed by atoms with E-state index >= 15 is 0 Å². The van der Waals surface area contributed by atoms with Crippen molar-refractivity contribution in [1.29, 1.82) is 0 Å². The third-order valence-corrected chi connectivity index (χ3v) is 12.2. The smallest absolute Gasteiger partial charge is 0.410 e. The molecule has 0 aromatic heterocycles. The van der Waals surface area contributed by atoms with E-state index < -0.39 is 23.8 Å². The van der Waals surface area contributed by atoms with Gasteiger partial charge in [0.1, 0.15) is 35.6 Å². The van der Waals surface area contributed by atoms with Crippen molar-refractivity contribution in [2.75, 3.05) is 40.1 Å². The van der Waals surface area contributed by atoms with Crippen LogP contribution in [0.4, 0.5) is 4.79 Å². The van der Waals surface area contributed by atoms with Crippen molar-refractivity contribution in [1.82, 2.24) is 4.90 Å². The molecule has 12 heteroatoms. The Balaban J connectivity index is 1.58. The molecule has 0 bridgehead atoms. The monoisotopic (exact) mass is 866 g/mol. The second-order valence-electron chi connectivity index (χ2n) is 18.0. The van der Waals surface area contributed by atoms with E-state index in [1.54, 1.807) is 29.2 Å². The Bertz CT molecular complexity index is 2060. The highest BCUT2D eigenvalue weighted by Crippen LogP contribution is 2.62. The fourth-order valence-corrected chi connectivity index (χ4v) is 9.45. The molecular weight excluding hydrogens is 801 g/mol. The minimum atomic E-state index is -1.42. The van der Waals surface area contributed by atoms with Crippen LogP contribution in [0.25, 0.3) is 0 Å². The number of aliphatic hydroxyl groups excluding tert-OH is 2. The van der Waals surface area contributed by atoms with Crippen molar-refractivity contribution in [2.24, 2.45) is 28.3 Å². The highest BCUT2D eigenvalue weighted by molar-refractivity contribution is 6.03. The van der Waals surface area contributed by atoms with Crippen molar-refractivity contribution in [3.8, 4) is 23.0 Å². The van der Waals surface area contributed by atoms with E-state index in [9.17, 15) is 19.8 Å². The van der Waals surface area contributed by atoms with Gasteiger partial charge in [0, 0.05) is 37.7 Å². The number of oxime groups is 1. The third-order valence-electron chi connectivity index (χ3n) is 12.2. The summed E-state index contributed by atoms with van der Waals surface area (Å²) in [4.78, 5) is 34.4. The lowest BCUT2D eigenvalue weighted by atomic mass is 9.55. The van der Waals surface area contributed by atoms with Crippen LogP contribution in [0.1, 0.15) is 106 Å². The molecule has 1 saturated carbocycles. The van der Waals surface area contributed by atoms with Gasteiger partial charge in [-0.2, -0.15) is 0 Å². The zero-order valence-corrected chi connectivity index (χ0v) is 37.6. The topological polar surface area (TPSA) is 146 Å². The first kappa shape index (κ1) is 47.3. The maximum Gasteiger partial charge on any atom is 0.410 e. The number of hydrogen-bond acceptors (Lipinski definition) is 11. The number of rotatable bonds is 22. The van der Waals surface area contributed by atoms with Crippen LogP contribution >= 0.6 is 0 Å². The summed E-state index contributed by atoms with van der Waals surface area (Å²) in [7, 11) is 1.52. The molecule has 1 aliphatic heterocycles. The number of carbonyl (C=O) groups excluding carboxylic acids is 2. The molecule has 2 N–H and O–H groups in total. The van der Waals surface area contributed by atoms with E-state index in [0.29, 0.717) is 60.1 Å². The van der Waals surface area contributed by atoms with Gasteiger partial charge in [-0.1, -0.05) is 88.2 Å². The lowest BCUT2D eigenvalue weighted by Gasteiger charge is -2.60. The second-order valence-corrected chi connectivity index (χ2v) is 18.0. The number of benzene rings is 3. The van der Waals surface area contributed by atoms with Crippen molar-refractivity contribution in [3.63, 3.8) is 0 Å². The molecule has 3 aliphatic rings. The fourth-order valence-electron chi connectivity index (χ4n) is 9.45. The molecule has 3 aromatic carbocycles. The molecule has 63 heavy (non-hydrogen) atoms. The van der Waals surface area contributed by atoms with E-state index in [1.165, 1.54) is 7.11 Å². The van der Waals surface area contributed by atoms with Crippen LogP contribution < -0.4 is 14.2 Å². The minimum absolute atomic E-state index is 0.0222. The fraction of sp³-hybridized carbons (Fsp3) is 0.510. The summed E-state index contributed by atoms with van der Waals surface area (Å²) in [5.74, 6) is -0.0337. The number of fused-ring (bicyclic) bond motifs is 2. The summed E-state index contributed by atoms with van der Waals surface area (Å²) in [6.07, 6.45) is 9.71. The number of allylic oxidation sites excluding steroid dienone is 1. The second kappa shape index (κ2) is 22.0. The Morgan fingerprint density at radius 3 is 2.41 bits per heavy atom. The Morgan fingerprint density at radius 2 is 1.73 bits per heavy atom. The molecule has 1 amide bonds. The van der Waals surface area contributed by atoms with Crippen LogP contribution in [0.15, 0.2) is 96.2 Å². The van der Waals surface area contributed by atoms with E-state index in [2.05, 4.69) is 12.7 Å². The van der Waals surface area contributed by atoms with Gasteiger partial charge in [0.05, 0.1) is 37.5 Å². The zero-order chi connectivity index (χ0) is 45.0. The molecule has 6 atom stereocenters. The summed E-state index contributed by atoms with van der Waals surface area (Å²) in [6.45, 7) is 13.3. The van der Waals surface area contributed by atoms with Crippen molar-refractivity contribution < 1.29 is 48.3 Å². The van der Waals surface area contributed by atoms with Crippen LogP contribution in [0, 0.1) is 23.2 Å². The molecule has 1 heterocycles. The summed E-state index contributed by atoms with van der Waals surface area (Å²) >= 11 is 0. The first-order valence-electron chi connectivity index (χ1n) is 22.5. The standard InChI is InChI=1S/C51H66N2O10/c1-7-24-53(49(57)59-34-50(3,4)5)46-31-43(52-61-33-35-16-10-9-11-17-35)41-29-36(18-12-14-25-54)40(19-13-15-26-55)47-42-30-39(62-38-20-22-44(58-6)37(28-38)32-56)21-23-45(42)63-51(46,48(41)47)60-27-8-2/h8-11,16-17,20-23,28-30,32,36,40,46-48,54-55H,2,7,12-15,18-19,24-27,31,33-34H2,1,3-6H3/t36-,40+,46-,47+,48+,51+/m0/s1. The Kier molecular flexibility index (Phi) is 16.5. The number of nitrogens with zero attached hydrogens (tertiary/aromatic N) is 2. The molecular formula is C51H66N2O10. The minimum Gasteiger partial charge on any atom is -0.496 e. The number of methoxy groups -OCH3 is 1. The zero-order valence-electron chi connectivity index (χ0n) is 37.6. The maximum atomic E-state index is 14.5. The molecule has 1 fully saturated rings. The lowest BCUT2D eigenvalue weighted by Crippen LogP contribution is -2.70. The largest absolute Gasteiger partial charge is 0.496 e. The lowest BCUT2D eigenvalue weighted by molar-refractivity contribution is -0.255. The van der Waals surface area contributed by atoms with Gasteiger partial charge >= 0.3 is 6.09 Å². The molecule has 12 nitrogen and oxygen atoms in total. The number of aldehydes is 1. The van der Waals surface area contributed by atoms with Gasteiger partial charge in [0.25, 0.3) is 0 Å². The predicted molar refractivity (Wildman–Crippen MR) is 242 cm³/mol. The van der Waals surface area contributed by atoms with E-state index in [0.717, 1.165) is 48.7 Å². The van der Waals surface area contributed by atoms with Gasteiger partial charge in [0.2, 0.25) is 5.79 Å². The molecule has 3 aromatic rings. The number of carbonyl (C=O) groups is 2. The number of aliphatic hydroxyl groups is 2. The molecule has 0 spiro atoms. The summed E-state index contributed by atoms with van der Waals surface area (Å²) in [5, 5.41) is 24.9. The summed E-state index contributed by atoms with van der Waals surface area (Å²) in [6, 6.07) is 20.0. The van der Waals surface area contributed by atoms with E-state index in [1.807, 2.05) is 76.2 Å². The SMILES string of the molecule is C=CCO[C@@]12Oc3ccc(Oc4ccc(OC)c(C=O)c4)cc3[C@H]3[C@H](CCCCO)[C@@H](CCCCO)C=C(C(=NOCc4ccccc4)C[C@@H]1N(CCC)C(=O)OCC(C)(C)C)[C@H]32. The Hall–Kier alpha value is -5.17. The van der Waals surface area contributed by atoms with Crippen molar-refractivity contribution >= 4 is 18.1 Å². The quantitative estimate of drug-likeness (QED) is 0.0433. The molecule has 340 valence electrons. The first-order chi connectivity index (χ1) is 30.5. The Morgan fingerprint density at radius 1 is 1.00 bits per heavy atom. The van der Waals surface area contributed by atoms with Crippen molar-refractivity contribution in [3.05, 3.63) is 108 Å². The highest BCUT2D eigenvalue weighted by atomic mass is 16.7. The third kappa shape index (κ3) is 11.1.